The van der Waals surface area contributed by atoms with E-state index in [0.29, 0.717) is 11.3 Å². The van der Waals surface area contributed by atoms with Gasteiger partial charge in [-0.05, 0) is 29.8 Å². The predicted molar refractivity (Wildman–Crippen MR) is 87.6 cm³/mol. The second kappa shape index (κ2) is 6.78. The van der Waals surface area contributed by atoms with Crippen molar-refractivity contribution in [3.05, 3.63) is 100.0 Å². The Bertz CT molecular complexity index is 827. The smallest absolute Gasteiger partial charge is 0.269 e. The van der Waals surface area contributed by atoms with E-state index in [1.165, 1.54) is 24.3 Å². The molecule has 6 heteroatoms. The minimum absolute atomic E-state index is 0.0582. The molecule has 0 radical (unpaired) electrons. The first-order valence-corrected chi connectivity index (χ1v) is 7.29. The van der Waals surface area contributed by atoms with Gasteiger partial charge in [0.2, 0.25) is 0 Å². The van der Waals surface area contributed by atoms with Crippen LogP contribution in [0, 0.1) is 10.1 Å². The number of nitro groups is 1. The minimum atomic E-state index is -0.503. The highest BCUT2D eigenvalue weighted by molar-refractivity contribution is 5.94. The minimum Gasteiger partial charge on any atom is -0.467 e. The second-order valence-corrected chi connectivity index (χ2v) is 5.14. The van der Waals surface area contributed by atoms with Crippen LogP contribution in [0.5, 0.6) is 0 Å². The van der Waals surface area contributed by atoms with Gasteiger partial charge in [0.25, 0.3) is 11.6 Å². The molecular weight excluding hydrogens is 308 g/mol. The molecule has 3 rings (SSSR count). The Morgan fingerprint density at radius 1 is 1.00 bits per heavy atom. The van der Waals surface area contributed by atoms with Gasteiger partial charge in [0.1, 0.15) is 11.8 Å². The van der Waals surface area contributed by atoms with Crippen molar-refractivity contribution in [2.24, 2.45) is 0 Å². The van der Waals surface area contributed by atoms with Gasteiger partial charge in [-0.2, -0.15) is 0 Å². The van der Waals surface area contributed by atoms with Gasteiger partial charge in [-0.3, -0.25) is 14.9 Å². The summed E-state index contributed by atoms with van der Waals surface area (Å²) in [5, 5.41) is 13.6. The lowest BCUT2D eigenvalue weighted by Gasteiger charge is -2.17. The van der Waals surface area contributed by atoms with Crippen LogP contribution in [-0.2, 0) is 0 Å². The number of nitro benzene ring substituents is 1. The highest BCUT2D eigenvalue weighted by atomic mass is 16.6. The van der Waals surface area contributed by atoms with E-state index in [-0.39, 0.29) is 11.6 Å². The topological polar surface area (TPSA) is 85.4 Å². The van der Waals surface area contributed by atoms with E-state index in [4.69, 9.17) is 4.42 Å². The molecule has 0 aliphatic heterocycles. The quantitative estimate of drug-likeness (QED) is 0.573. The molecule has 0 bridgehead atoms. The van der Waals surface area contributed by atoms with Crippen molar-refractivity contribution in [1.29, 1.82) is 0 Å². The van der Waals surface area contributed by atoms with E-state index < -0.39 is 11.0 Å². The van der Waals surface area contributed by atoms with Crippen LogP contribution in [0.3, 0.4) is 0 Å². The monoisotopic (exact) mass is 322 g/mol. The maximum atomic E-state index is 12.5. The summed E-state index contributed by atoms with van der Waals surface area (Å²) in [6, 6.07) is 18.0. The number of carbonyl (C=O) groups excluding carboxylic acids is 1. The summed E-state index contributed by atoms with van der Waals surface area (Å²) in [5.74, 6) is 0.270. The average molecular weight is 322 g/mol. The summed E-state index contributed by atoms with van der Waals surface area (Å²) in [5.41, 5.74) is 1.16. The lowest BCUT2D eigenvalue weighted by molar-refractivity contribution is -0.384. The normalized spacial score (nSPS) is 11.7. The van der Waals surface area contributed by atoms with Crippen LogP contribution in [0.15, 0.2) is 77.4 Å². The average Bonchev–Trinajstić information content (AvgIpc) is 3.14. The van der Waals surface area contributed by atoms with Crippen molar-refractivity contribution < 1.29 is 14.1 Å². The van der Waals surface area contributed by atoms with Crippen LogP contribution in [0.2, 0.25) is 0 Å². The third-order valence-electron chi connectivity index (χ3n) is 3.58. The van der Waals surface area contributed by atoms with Gasteiger partial charge in [-0.1, -0.05) is 30.3 Å². The fourth-order valence-corrected chi connectivity index (χ4v) is 2.37. The number of nitrogens with one attached hydrogen (secondary N) is 1. The van der Waals surface area contributed by atoms with Gasteiger partial charge >= 0.3 is 0 Å². The van der Waals surface area contributed by atoms with E-state index in [1.54, 1.807) is 18.4 Å². The van der Waals surface area contributed by atoms with Crippen molar-refractivity contribution >= 4 is 11.6 Å². The molecule has 120 valence electrons. The molecule has 0 saturated heterocycles. The molecule has 1 amide bonds. The Kier molecular flexibility index (Phi) is 4.38. The Hall–Kier alpha value is -3.41. The lowest BCUT2D eigenvalue weighted by atomic mass is 10.0. The third-order valence-corrected chi connectivity index (χ3v) is 3.58. The number of amides is 1. The van der Waals surface area contributed by atoms with Gasteiger partial charge in [0.05, 0.1) is 11.2 Å². The molecular formula is C18H14N2O4. The van der Waals surface area contributed by atoms with Crippen molar-refractivity contribution in [2.75, 3.05) is 0 Å². The predicted octanol–water partition coefficient (Wildman–Crippen LogP) is 3.71. The molecule has 3 aromatic rings. The molecule has 1 atom stereocenters. The summed E-state index contributed by atoms with van der Waals surface area (Å²) in [6.07, 6.45) is 1.54. The third kappa shape index (κ3) is 3.33. The number of furan rings is 1. The van der Waals surface area contributed by atoms with Crippen molar-refractivity contribution in [2.45, 2.75) is 6.04 Å². The Labute approximate surface area is 137 Å². The van der Waals surface area contributed by atoms with Crippen LogP contribution >= 0.6 is 0 Å². The van der Waals surface area contributed by atoms with Crippen LogP contribution in [-0.4, -0.2) is 10.8 Å². The van der Waals surface area contributed by atoms with Crippen LogP contribution < -0.4 is 5.32 Å². The highest BCUT2D eigenvalue weighted by Gasteiger charge is 2.20. The van der Waals surface area contributed by atoms with Gasteiger partial charge in [-0.25, -0.2) is 0 Å². The van der Waals surface area contributed by atoms with Crippen molar-refractivity contribution in [1.82, 2.24) is 5.32 Å². The first-order valence-electron chi connectivity index (χ1n) is 7.29. The molecule has 6 nitrogen and oxygen atoms in total. The van der Waals surface area contributed by atoms with Crippen LogP contribution in [0.1, 0.15) is 27.7 Å². The summed E-state index contributed by atoms with van der Waals surface area (Å²) < 4.78 is 5.43. The molecule has 2 aromatic carbocycles. The first kappa shape index (κ1) is 15.5. The van der Waals surface area contributed by atoms with Crippen molar-refractivity contribution in [3.8, 4) is 0 Å². The largest absolute Gasteiger partial charge is 0.467 e. The van der Waals surface area contributed by atoms with E-state index in [2.05, 4.69) is 5.32 Å². The van der Waals surface area contributed by atoms with Gasteiger partial charge in [0.15, 0.2) is 0 Å². The van der Waals surface area contributed by atoms with Crippen LogP contribution in [0.4, 0.5) is 5.69 Å². The summed E-state index contributed by atoms with van der Waals surface area (Å²) in [4.78, 5) is 22.7. The summed E-state index contributed by atoms with van der Waals surface area (Å²) >= 11 is 0. The molecule has 24 heavy (non-hydrogen) atoms. The lowest BCUT2D eigenvalue weighted by Crippen LogP contribution is -2.29. The van der Waals surface area contributed by atoms with E-state index >= 15 is 0 Å². The Morgan fingerprint density at radius 3 is 2.29 bits per heavy atom. The van der Waals surface area contributed by atoms with E-state index in [1.807, 2.05) is 30.3 Å². The molecule has 1 aromatic heterocycles. The number of benzene rings is 2. The zero-order valence-electron chi connectivity index (χ0n) is 12.6. The maximum absolute atomic E-state index is 12.5. The van der Waals surface area contributed by atoms with E-state index in [9.17, 15) is 14.9 Å². The maximum Gasteiger partial charge on any atom is 0.269 e. The van der Waals surface area contributed by atoms with Crippen LogP contribution in [0.25, 0.3) is 0 Å². The molecule has 0 spiro atoms. The molecule has 1 heterocycles. The first-order chi connectivity index (χ1) is 11.6. The van der Waals surface area contributed by atoms with Gasteiger partial charge < -0.3 is 9.73 Å². The molecule has 0 aliphatic carbocycles. The molecule has 0 saturated carbocycles. The number of hydrogen-bond donors (Lipinski definition) is 1. The standard InChI is InChI=1S/C18H14N2O4/c21-18(14-8-10-15(11-9-14)20(22)23)19-17(16-7-4-12-24-16)13-5-2-1-3-6-13/h1-12,17H,(H,19,21). The Balaban J connectivity index is 1.85. The number of nitrogens with zero attached hydrogens (tertiary/aromatic N) is 1. The zero-order valence-corrected chi connectivity index (χ0v) is 12.6. The Morgan fingerprint density at radius 2 is 1.71 bits per heavy atom. The number of carbonyl (C=O) groups is 1. The SMILES string of the molecule is O=C(NC(c1ccccc1)c1ccco1)c1ccc([N+](=O)[O-])cc1. The fourth-order valence-electron chi connectivity index (χ4n) is 2.37. The van der Waals surface area contributed by atoms with Gasteiger partial charge in [-0.15, -0.1) is 0 Å². The second-order valence-electron chi connectivity index (χ2n) is 5.14. The fraction of sp³-hybridized carbons (Fsp3) is 0.0556. The molecule has 0 fully saturated rings. The van der Waals surface area contributed by atoms with Crippen molar-refractivity contribution in [3.63, 3.8) is 0 Å². The van der Waals surface area contributed by atoms with Gasteiger partial charge in [0, 0.05) is 17.7 Å². The number of rotatable bonds is 5. The molecule has 0 aliphatic rings. The zero-order chi connectivity index (χ0) is 16.9. The number of hydrogen-bond acceptors (Lipinski definition) is 4. The number of non-ortho nitro benzene ring substituents is 1. The summed E-state index contributed by atoms with van der Waals surface area (Å²) in [6.45, 7) is 0. The summed E-state index contributed by atoms with van der Waals surface area (Å²) in [7, 11) is 0. The highest BCUT2D eigenvalue weighted by Crippen LogP contribution is 2.23. The van der Waals surface area contributed by atoms with E-state index in [0.717, 1.165) is 5.56 Å². The molecule has 1 N–H and O–H groups in total. The molecule has 1 unspecified atom stereocenters.